The molecule has 0 aliphatic carbocycles. The summed E-state index contributed by atoms with van der Waals surface area (Å²) in [5.74, 6) is 4.85. The Morgan fingerprint density at radius 1 is 1.21 bits per heavy atom. The second-order valence-electron chi connectivity index (χ2n) is 7.38. The molecule has 2 saturated heterocycles. The predicted molar refractivity (Wildman–Crippen MR) is 109 cm³/mol. The minimum atomic E-state index is -0.532. The number of methoxy groups -OCH3 is 1. The van der Waals surface area contributed by atoms with E-state index in [2.05, 4.69) is 27.0 Å². The molecular weight excluding hydrogens is 358 g/mol. The van der Waals surface area contributed by atoms with E-state index in [0.717, 1.165) is 57.7 Å². The SMILES string of the molecule is COC(=O)C(CO)N1CCC(N2CCN(c3ccc(C=NN)cc3)CC2)CC1. The van der Waals surface area contributed by atoms with Crippen molar-refractivity contribution in [1.82, 2.24) is 9.80 Å². The van der Waals surface area contributed by atoms with Gasteiger partial charge >= 0.3 is 5.97 Å². The smallest absolute Gasteiger partial charge is 0.325 e. The van der Waals surface area contributed by atoms with Crippen molar-refractivity contribution in [2.75, 3.05) is 57.9 Å². The van der Waals surface area contributed by atoms with Gasteiger partial charge in [-0.15, -0.1) is 0 Å². The summed E-state index contributed by atoms with van der Waals surface area (Å²) in [6, 6.07) is 8.31. The monoisotopic (exact) mass is 389 g/mol. The number of carbonyl (C=O) groups is 1. The molecule has 0 spiro atoms. The number of aliphatic hydroxyl groups is 1. The molecule has 1 unspecified atom stereocenters. The van der Waals surface area contributed by atoms with Gasteiger partial charge in [-0.1, -0.05) is 12.1 Å². The Kier molecular flexibility index (Phi) is 7.24. The summed E-state index contributed by atoms with van der Waals surface area (Å²) in [5.41, 5.74) is 2.23. The van der Waals surface area contributed by atoms with Crippen LogP contribution in [0.5, 0.6) is 0 Å². The molecule has 154 valence electrons. The zero-order valence-corrected chi connectivity index (χ0v) is 16.5. The van der Waals surface area contributed by atoms with Crippen LogP contribution in [0.15, 0.2) is 29.4 Å². The number of hydrogen-bond acceptors (Lipinski definition) is 8. The van der Waals surface area contributed by atoms with Crippen molar-refractivity contribution in [3.05, 3.63) is 29.8 Å². The molecule has 2 fully saturated rings. The van der Waals surface area contributed by atoms with E-state index in [1.54, 1.807) is 6.21 Å². The van der Waals surface area contributed by atoms with E-state index < -0.39 is 6.04 Å². The molecule has 1 aromatic carbocycles. The fourth-order valence-corrected chi connectivity index (χ4v) is 4.24. The number of carbonyl (C=O) groups excluding carboxylic acids is 1. The predicted octanol–water partition coefficient (Wildman–Crippen LogP) is 0.0995. The normalized spacial score (nSPS) is 21.1. The molecule has 0 saturated carbocycles. The van der Waals surface area contributed by atoms with Crippen molar-refractivity contribution in [2.45, 2.75) is 24.9 Å². The first-order valence-corrected chi connectivity index (χ1v) is 9.91. The summed E-state index contributed by atoms with van der Waals surface area (Å²) in [6.45, 7) is 5.53. The molecular formula is C20H31N5O3. The number of esters is 1. The maximum absolute atomic E-state index is 11.8. The van der Waals surface area contributed by atoms with Crippen LogP contribution in [0.3, 0.4) is 0 Å². The van der Waals surface area contributed by atoms with Gasteiger partial charge in [-0.25, -0.2) is 0 Å². The van der Waals surface area contributed by atoms with Crippen molar-refractivity contribution in [2.24, 2.45) is 10.9 Å². The summed E-state index contributed by atoms with van der Waals surface area (Å²) < 4.78 is 4.80. The van der Waals surface area contributed by atoms with Gasteiger partial charge in [0.25, 0.3) is 0 Å². The van der Waals surface area contributed by atoms with E-state index in [4.69, 9.17) is 10.6 Å². The van der Waals surface area contributed by atoms with Gasteiger partial charge in [-0.3, -0.25) is 14.6 Å². The number of piperidine rings is 1. The van der Waals surface area contributed by atoms with Gasteiger partial charge < -0.3 is 20.6 Å². The standard InChI is InChI=1S/C20H31N5O3/c1-28-20(27)19(15-26)25-8-6-18(7-9-25)24-12-10-23(11-13-24)17-4-2-16(3-5-17)14-22-21/h2-5,14,18-19,26H,6-13,15,21H2,1H3. The minimum Gasteiger partial charge on any atom is -0.468 e. The lowest BCUT2D eigenvalue weighted by atomic mass is 10.0. The van der Waals surface area contributed by atoms with E-state index >= 15 is 0 Å². The number of ether oxygens (including phenoxy) is 1. The highest BCUT2D eigenvalue weighted by Crippen LogP contribution is 2.22. The van der Waals surface area contributed by atoms with Crippen molar-refractivity contribution in [3.8, 4) is 0 Å². The molecule has 1 atom stereocenters. The zero-order chi connectivity index (χ0) is 19.9. The molecule has 2 heterocycles. The van der Waals surface area contributed by atoms with Gasteiger partial charge in [0.2, 0.25) is 0 Å². The summed E-state index contributed by atoms with van der Waals surface area (Å²) >= 11 is 0. The van der Waals surface area contributed by atoms with Crippen molar-refractivity contribution < 1.29 is 14.6 Å². The van der Waals surface area contributed by atoms with Crippen LogP contribution in [0.4, 0.5) is 5.69 Å². The molecule has 3 N–H and O–H groups in total. The van der Waals surface area contributed by atoms with E-state index in [9.17, 15) is 9.90 Å². The van der Waals surface area contributed by atoms with Crippen LogP contribution in [0.1, 0.15) is 18.4 Å². The first-order chi connectivity index (χ1) is 13.7. The fraction of sp³-hybridized carbons (Fsp3) is 0.600. The second kappa shape index (κ2) is 9.86. The van der Waals surface area contributed by atoms with E-state index in [0.29, 0.717) is 6.04 Å². The number of likely N-dealkylation sites (tertiary alicyclic amines) is 1. The lowest BCUT2D eigenvalue weighted by molar-refractivity contribution is -0.149. The van der Waals surface area contributed by atoms with Crippen molar-refractivity contribution in [3.63, 3.8) is 0 Å². The highest BCUT2D eigenvalue weighted by atomic mass is 16.5. The molecule has 8 heteroatoms. The van der Waals surface area contributed by atoms with Crippen LogP contribution in [0, 0.1) is 0 Å². The molecule has 8 nitrogen and oxygen atoms in total. The highest BCUT2D eigenvalue weighted by molar-refractivity contribution is 5.80. The zero-order valence-electron chi connectivity index (χ0n) is 16.5. The van der Waals surface area contributed by atoms with E-state index in [1.165, 1.54) is 12.8 Å². The minimum absolute atomic E-state index is 0.189. The van der Waals surface area contributed by atoms with Crippen LogP contribution in [-0.4, -0.2) is 92.2 Å². The first kappa shape index (κ1) is 20.6. The molecule has 0 amide bonds. The van der Waals surface area contributed by atoms with E-state index in [-0.39, 0.29) is 12.6 Å². The van der Waals surface area contributed by atoms with Crippen LogP contribution >= 0.6 is 0 Å². The summed E-state index contributed by atoms with van der Waals surface area (Å²) in [5, 5.41) is 13.1. The fourth-order valence-electron chi connectivity index (χ4n) is 4.24. The van der Waals surface area contributed by atoms with Gasteiger partial charge in [0.1, 0.15) is 6.04 Å². The number of hydrogen-bond donors (Lipinski definition) is 2. The van der Waals surface area contributed by atoms with Crippen LogP contribution in [-0.2, 0) is 9.53 Å². The molecule has 28 heavy (non-hydrogen) atoms. The number of hydrazone groups is 1. The summed E-state index contributed by atoms with van der Waals surface area (Å²) in [7, 11) is 1.37. The third kappa shape index (κ3) is 4.81. The third-order valence-electron chi connectivity index (χ3n) is 5.90. The topological polar surface area (TPSA) is 94.6 Å². The molecule has 0 bridgehead atoms. The summed E-state index contributed by atoms with van der Waals surface area (Å²) in [6.07, 6.45) is 3.68. The Labute approximate surface area is 166 Å². The van der Waals surface area contributed by atoms with Gasteiger partial charge in [-0.2, -0.15) is 5.10 Å². The highest BCUT2D eigenvalue weighted by Gasteiger charge is 2.32. The average Bonchev–Trinajstić information content (AvgIpc) is 2.75. The Morgan fingerprint density at radius 2 is 1.86 bits per heavy atom. The Morgan fingerprint density at radius 3 is 2.39 bits per heavy atom. The van der Waals surface area contributed by atoms with Crippen molar-refractivity contribution in [1.29, 1.82) is 0 Å². The Hall–Kier alpha value is -2.16. The lowest BCUT2D eigenvalue weighted by Crippen LogP contribution is -2.55. The van der Waals surface area contributed by atoms with Gasteiger partial charge in [0, 0.05) is 51.0 Å². The molecule has 0 radical (unpaired) electrons. The average molecular weight is 390 g/mol. The van der Waals surface area contributed by atoms with Crippen LogP contribution in [0.25, 0.3) is 0 Å². The first-order valence-electron chi connectivity index (χ1n) is 9.91. The number of aliphatic hydroxyl groups excluding tert-OH is 1. The molecule has 2 aliphatic rings. The number of piperazine rings is 1. The largest absolute Gasteiger partial charge is 0.468 e. The Bertz CT molecular complexity index is 650. The second-order valence-corrected chi connectivity index (χ2v) is 7.38. The number of benzene rings is 1. The molecule has 2 aliphatic heterocycles. The molecule has 3 rings (SSSR count). The lowest BCUT2D eigenvalue weighted by Gasteiger charge is -2.44. The molecule has 1 aromatic rings. The van der Waals surface area contributed by atoms with Crippen LogP contribution in [0.2, 0.25) is 0 Å². The quantitative estimate of drug-likeness (QED) is 0.308. The number of nitrogens with zero attached hydrogens (tertiary/aromatic N) is 4. The maximum Gasteiger partial charge on any atom is 0.325 e. The van der Waals surface area contributed by atoms with Crippen LogP contribution < -0.4 is 10.7 Å². The maximum atomic E-state index is 11.8. The van der Waals surface area contributed by atoms with Gasteiger partial charge in [-0.05, 0) is 30.5 Å². The van der Waals surface area contributed by atoms with E-state index in [1.807, 2.05) is 17.0 Å². The Balaban J connectivity index is 1.47. The van der Waals surface area contributed by atoms with Gasteiger partial charge in [0.05, 0.1) is 19.9 Å². The van der Waals surface area contributed by atoms with Crippen molar-refractivity contribution >= 4 is 17.9 Å². The van der Waals surface area contributed by atoms with Gasteiger partial charge in [0.15, 0.2) is 0 Å². The number of nitrogens with two attached hydrogens (primary N) is 1. The summed E-state index contributed by atoms with van der Waals surface area (Å²) in [4.78, 5) is 18.8. The number of anilines is 1. The number of rotatable bonds is 6. The third-order valence-corrected chi connectivity index (χ3v) is 5.90. The molecule has 0 aromatic heterocycles.